The lowest BCUT2D eigenvalue weighted by molar-refractivity contribution is -0.132. The van der Waals surface area contributed by atoms with Crippen LogP contribution in [0.1, 0.15) is 24.5 Å². The van der Waals surface area contributed by atoms with Crippen LogP contribution in [-0.4, -0.2) is 48.3 Å². The molecule has 2 aromatic rings. The summed E-state index contributed by atoms with van der Waals surface area (Å²) in [4.78, 5) is 26.8. The molecular formula is C24H27ClN2O5. The maximum Gasteiger partial charge on any atom is 0.325 e. The number of urea groups is 1. The van der Waals surface area contributed by atoms with Gasteiger partial charge in [0.2, 0.25) is 0 Å². The number of aliphatic hydroxyl groups is 1. The number of imide groups is 1. The molecule has 3 rings (SSSR count). The Morgan fingerprint density at radius 2 is 2.03 bits per heavy atom. The van der Waals surface area contributed by atoms with Crippen molar-refractivity contribution < 1.29 is 24.2 Å². The second-order valence-corrected chi connectivity index (χ2v) is 7.99. The van der Waals surface area contributed by atoms with E-state index < -0.39 is 23.6 Å². The molecule has 0 unspecified atom stereocenters. The van der Waals surface area contributed by atoms with Crippen LogP contribution in [0.15, 0.2) is 55.1 Å². The van der Waals surface area contributed by atoms with Crippen LogP contribution in [0.4, 0.5) is 4.79 Å². The van der Waals surface area contributed by atoms with Crippen molar-refractivity contribution in [2.75, 3.05) is 20.3 Å². The summed E-state index contributed by atoms with van der Waals surface area (Å²) in [5, 5.41) is 13.7. The predicted octanol–water partition coefficient (Wildman–Crippen LogP) is 3.67. The molecule has 0 bridgehead atoms. The van der Waals surface area contributed by atoms with Crippen molar-refractivity contribution in [3.63, 3.8) is 0 Å². The number of benzene rings is 2. The highest BCUT2D eigenvalue weighted by Gasteiger charge is 2.51. The summed E-state index contributed by atoms with van der Waals surface area (Å²) in [5.41, 5.74) is 0.400. The monoisotopic (exact) mass is 458 g/mol. The van der Waals surface area contributed by atoms with Crippen LogP contribution in [0, 0.1) is 0 Å². The van der Waals surface area contributed by atoms with Crippen LogP contribution in [0.2, 0.25) is 5.02 Å². The number of hydrogen-bond acceptors (Lipinski definition) is 5. The molecule has 2 atom stereocenters. The third kappa shape index (κ3) is 4.74. The maximum atomic E-state index is 13.2. The molecule has 1 saturated heterocycles. The number of carbonyl (C=O) groups is 2. The number of β-amino-alcohol motifs (C(OH)–C–C–N with tert-alkyl or cyclic N) is 1. The Bertz CT molecular complexity index is 1010. The van der Waals surface area contributed by atoms with Crippen LogP contribution in [0.3, 0.4) is 0 Å². The van der Waals surface area contributed by atoms with Gasteiger partial charge in [-0.05, 0) is 48.2 Å². The molecule has 8 heteroatoms. The van der Waals surface area contributed by atoms with Crippen molar-refractivity contribution in [3.05, 3.63) is 71.3 Å². The van der Waals surface area contributed by atoms with Gasteiger partial charge in [-0.25, -0.2) is 4.79 Å². The molecule has 7 nitrogen and oxygen atoms in total. The van der Waals surface area contributed by atoms with E-state index in [1.165, 1.54) is 7.11 Å². The highest BCUT2D eigenvalue weighted by Crippen LogP contribution is 2.34. The molecule has 1 aliphatic heterocycles. The van der Waals surface area contributed by atoms with E-state index in [1.54, 1.807) is 36.4 Å². The van der Waals surface area contributed by atoms with Gasteiger partial charge in [0.05, 0.1) is 13.7 Å². The summed E-state index contributed by atoms with van der Waals surface area (Å²) < 4.78 is 11.0. The Morgan fingerprint density at radius 3 is 2.69 bits per heavy atom. The summed E-state index contributed by atoms with van der Waals surface area (Å²) in [6.45, 7) is 5.20. The van der Waals surface area contributed by atoms with E-state index in [0.29, 0.717) is 34.9 Å². The normalized spacial score (nSPS) is 18.9. The molecule has 0 spiro atoms. The molecule has 2 aromatic carbocycles. The number of amides is 3. The van der Waals surface area contributed by atoms with Gasteiger partial charge in [0.15, 0.2) is 11.5 Å². The number of aliphatic hydroxyl groups excluding tert-OH is 1. The smallest absolute Gasteiger partial charge is 0.325 e. The van der Waals surface area contributed by atoms with Gasteiger partial charge in [-0.3, -0.25) is 9.69 Å². The van der Waals surface area contributed by atoms with Gasteiger partial charge in [-0.2, -0.15) is 0 Å². The lowest BCUT2D eigenvalue weighted by atomic mass is 9.87. The van der Waals surface area contributed by atoms with Gasteiger partial charge in [0, 0.05) is 5.02 Å². The SMILES string of the molecule is C=CCc1ccc(OC[C@@H](O)CN2C(=O)N[C@@](CC)(c3cccc(Cl)c3)C2=O)c(OC)c1. The minimum Gasteiger partial charge on any atom is -0.493 e. The number of allylic oxidation sites excluding steroid dienone is 1. The first-order chi connectivity index (χ1) is 15.3. The Kier molecular flexibility index (Phi) is 7.43. The molecule has 1 fully saturated rings. The molecule has 1 aliphatic rings. The van der Waals surface area contributed by atoms with Crippen molar-refractivity contribution in [1.29, 1.82) is 0 Å². The Morgan fingerprint density at radius 1 is 1.25 bits per heavy atom. The topological polar surface area (TPSA) is 88.1 Å². The lowest BCUT2D eigenvalue weighted by Gasteiger charge is -2.26. The highest BCUT2D eigenvalue weighted by atomic mass is 35.5. The Balaban J connectivity index is 1.69. The molecule has 1 heterocycles. The zero-order chi connectivity index (χ0) is 23.3. The van der Waals surface area contributed by atoms with Crippen LogP contribution in [0.5, 0.6) is 11.5 Å². The maximum absolute atomic E-state index is 13.2. The van der Waals surface area contributed by atoms with Crippen LogP contribution in [-0.2, 0) is 16.8 Å². The fourth-order valence-corrected chi connectivity index (χ4v) is 3.95. The quantitative estimate of drug-likeness (QED) is 0.419. The average molecular weight is 459 g/mol. The van der Waals surface area contributed by atoms with Gasteiger partial charge in [-0.1, -0.05) is 42.8 Å². The molecule has 0 aliphatic carbocycles. The minimum absolute atomic E-state index is 0.121. The average Bonchev–Trinajstić information content (AvgIpc) is 3.03. The van der Waals surface area contributed by atoms with E-state index in [1.807, 2.05) is 19.1 Å². The van der Waals surface area contributed by atoms with Gasteiger partial charge in [0.1, 0.15) is 18.2 Å². The van der Waals surface area contributed by atoms with E-state index in [2.05, 4.69) is 11.9 Å². The third-order valence-corrected chi connectivity index (χ3v) is 5.69. The van der Waals surface area contributed by atoms with E-state index in [9.17, 15) is 14.7 Å². The third-order valence-electron chi connectivity index (χ3n) is 5.46. The first kappa shape index (κ1) is 23.6. The van der Waals surface area contributed by atoms with Gasteiger partial charge in [-0.15, -0.1) is 6.58 Å². The number of carbonyl (C=O) groups excluding carboxylic acids is 2. The first-order valence-corrected chi connectivity index (χ1v) is 10.7. The first-order valence-electron chi connectivity index (χ1n) is 10.3. The van der Waals surface area contributed by atoms with Crippen molar-refractivity contribution >= 4 is 23.5 Å². The number of halogens is 1. The largest absolute Gasteiger partial charge is 0.493 e. The molecule has 0 aromatic heterocycles. The Labute approximate surface area is 192 Å². The second-order valence-electron chi connectivity index (χ2n) is 7.56. The standard InChI is InChI=1S/C24H27ClN2O5/c1-4-7-16-10-11-20(21(12-16)31-3)32-15-19(28)14-27-22(29)24(5-2,26-23(27)30)17-8-6-9-18(25)13-17/h4,6,8-13,19,28H,1,5,7,14-15H2,2-3H3,(H,26,30)/t19-,24-/m0/s1. The predicted molar refractivity (Wildman–Crippen MR) is 122 cm³/mol. The van der Waals surface area contributed by atoms with E-state index in [0.717, 1.165) is 10.5 Å². The van der Waals surface area contributed by atoms with Crippen LogP contribution >= 0.6 is 11.6 Å². The van der Waals surface area contributed by atoms with E-state index in [-0.39, 0.29) is 13.2 Å². The minimum atomic E-state index is -1.22. The number of hydrogen-bond donors (Lipinski definition) is 2. The van der Waals surface area contributed by atoms with E-state index >= 15 is 0 Å². The molecule has 3 amide bonds. The number of rotatable bonds is 10. The fourth-order valence-electron chi connectivity index (χ4n) is 3.76. The van der Waals surface area contributed by atoms with Crippen molar-refractivity contribution in [3.8, 4) is 11.5 Å². The van der Waals surface area contributed by atoms with Crippen LogP contribution < -0.4 is 14.8 Å². The Hall–Kier alpha value is -3.03. The number of nitrogens with one attached hydrogen (secondary N) is 1. The summed E-state index contributed by atoms with van der Waals surface area (Å²) in [5.74, 6) is 0.550. The van der Waals surface area contributed by atoms with Gasteiger partial charge < -0.3 is 19.9 Å². The summed E-state index contributed by atoms with van der Waals surface area (Å²) in [6.07, 6.45) is 1.73. The van der Waals surface area contributed by atoms with Crippen molar-refractivity contribution in [1.82, 2.24) is 10.2 Å². The number of methoxy groups -OCH3 is 1. The molecule has 170 valence electrons. The van der Waals surface area contributed by atoms with Crippen molar-refractivity contribution in [2.24, 2.45) is 0 Å². The lowest BCUT2D eigenvalue weighted by Crippen LogP contribution is -2.44. The molecule has 32 heavy (non-hydrogen) atoms. The van der Waals surface area contributed by atoms with Gasteiger partial charge >= 0.3 is 6.03 Å². The summed E-state index contributed by atoms with van der Waals surface area (Å²) in [6, 6.07) is 11.7. The highest BCUT2D eigenvalue weighted by molar-refractivity contribution is 6.30. The second kappa shape index (κ2) is 10.1. The number of ether oxygens (including phenoxy) is 2. The van der Waals surface area contributed by atoms with E-state index in [4.69, 9.17) is 21.1 Å². The zero-order valence-corrected chi connectivity index (χ0v) is 18.9. The molecule has 0 saturated carbocycles. The van der Waals surface area contributed by atoms with Gasteiger partial charge in [0.25, 0.3) is 5.91 Å². The van der Waals surface area contributed by atoms with Crippen molar-refractivity contribution in [2.45, 2.75) is 31.4 Å². The molecule has 2 N–H and O–H groups in total. The van der Waals surface area contributed by atoms with Crippen LogP contribution in [0.25, 0.3) is 0 Å². The number of nitrogens with zero attached hydrogens (tertiary/aromatic N) is 1. The zero-order valence-electron chi connectivity index (χ0n) is 18.1. The molecule has 0 radical (unpaired) electrons. The fraction of sp³-hybridized carbons (Fsp3) is 0.333. The molecular weight excluding hydrogens is 432 g/mol. The summed E-state index contributed by atoms with van der Waals surface area (Å²) in [7, 11) is 1.53. The summed E-state index contributed by atoms with van der Waals surface area (Å²) >= 11 is 6.09.